The van der Waals surface area contributed by atoms with Crippen molar-refractivity contribution in [1.82, 2.24) is 5.32 Å². The number of anilines is 1. The summed E-state index contributed by atoms with van der Waals surface area (Å²) in [6.07, 6.45) is 3.63. The molecule has 0 aromatic heterocycles. The average Bonchev–Trinajstić information content (AvgIpc) is 2.68. The lowest BCUT2D eigenvalue weighted by molar-refractivity contribution is -0.121. The van der Waals surface area contributed by atoms with Gasteiger partial charge in [-0.05, 0) is 61.4 Å². The number of carbonyl (C=O) groups excluding carboxylic acids is 1. The zero-order valence-electron chi connectivity index (χ0n) is 16.2. The summed E-state index contributed by atoms with van der Waals surface area (Å²) in [6, 6.07) is 16.3. The smallest absolute Gasteiger partial charge is 0.220 e. The third-order valence-corrected chi connectivity index (χ3v) is 5.87. The Morgan fingerprint density at radius 2 is 1.81 bits per heavy atom. The molecule has 2 aromatic rings. The minimum atomic E-state index is -0.000765. The van der Waals surface area contributed by atoms with Crippen LogP contribution in [-0.2, 0) is 11.2 Å². The lowest BCUT2D eigenvalue weighted by Crippen LogP contribution is -2.32. The standard InChI is InChI=1S/C23H29ClN2O/c1-17-13-15-26(16-14-17)21-10-7-19(8-11-21)18(2)25-23(27)12-9-20-5-3-4-6-22(20)24/h3-8,10-11,17-18H,9,12-16H2,1-2H3,(H,25,27)/t18-/m0/s1. The average molecular weight is 385 g/mol. The summed E-state index contributed by atoms with van der Waals surface area (Å²) in [5.41, 5.74) is 3.43. The molecule has 1 saturated heterocycles. The molecule has 1 atom stereocenters. The fourth-order valence-corrected chi connectivity index (χ4v) is 3.82. The van der Waals surface area contributed by atoms with Crippen molar-refractivity contribution in [1.29, 1.82) is 0 Å². The van der Waals surface area contributed by atoms with Crippen LogP contribution in [-0.4, -0.2) is 19.0 Å². The van der Waals surface area contributed by atoms with Gasteiger partial charge in [-0.3, -0.25) is 4.79 Å². The maximum Gasteiger partial charge on any atom is 0.220 e. The minimum Gasteiger partial charge on any atom is -0.372 e. The maximum atomic E-state index is 12.3. The molecule has 144 valence electrons. The first kappa shape index (κ1) is 19.8. The normalized spacial score (nSPS) is 16.2. The van der Waals surface area contributed by atoms with Gasteiger partial charge in [0, 0.05) is 30.2 Å². The van der Waals surface area contributed by atoms with Crippen LogP contribution in [0.5, 0.6) is 0 Å². The predicted octanol–water partition coefficient (Wildman–Crippen LogP) is 5.39. The number of halogens is 1. The highest BCUT2D eigenvalue weighted by Crippen LogP contribution is 2.24. The topological polar surface area (TPSA) is 32.3 Å². The van der Waals surface area contributed by atoms with Gasteiger partial charge in [-0.1, -0.05) is 48.9 Å². The summed E-state index contributed by atoms with van der Waals surface area (Å²) >= 11 is 6.16. The number of aryl methyl sites for hydroxylation is 1. The van der Waals surface area contributed by atoms with Gasteiger partial charge in [0.25, 0.3) is 0 Å². The first-order valence-corrected chi connectivity index (χ1v) is 10.3. The molecule has 1 amide bonds. The van der Waals surface area contributed by atoms with E-state index in [4.69, 9.17) is 11.6 Å². The Hall–Kier alpha value is -2.00. The van der Waals surface area contributed by atoms with Gasteiger partial charge in [-0.25, -0.2) is 0 Å². The van der Waals surface area contributed by atoms with Gasteiger partial charge < -0.3 is 10.2 Å². The van der Waals surface area contributed by atoms with E-state index in [1.807, 2.05) is 31.2 Å². The van der Waals surface area contributed by atoms with Crippen molar-refractivity contribution in [3.05, 3.63) is 64.7 Å². The van der Waals surface area contributed by atoms with E-state index >= 15 is 0 Å². The number of hydrogen-bond acceptors (Lipinski definition) is 2. The van der Waals surface area contributed by atoms with E-state index in [-0.39, 0.29) is 11.9 Å². The van der Waals surface area contributed by atoms with Crippen LogP contribution in [0.4, 0.5) is 5.69 Å². The van der Waals surface area contributed by atoms with Gasteiger partial charge in [0.2, 0.25) is 5.91 Å². The number of benzene rings is 2. The number of carbonyl (C=O) groups is 1. The van der Waals surface area contributed by atoms with Crippen LogP contribution in [0.3, 0.4) is 0 Å². The highest BCUT2D eigenvalue weighted by atomic mass is 35.5. The van der Waals surface area contributed by atoms with Gasteiger partial charge >= 0.3 is 0 Å². The van der Waals surface area contributed by atoms with Gasteiger partial charge in [0.05, 0.1) is 6.04 Å². The van der Waals surface area contributed by atoms with E-state index in [2.05, 4.69) is 41.4 Å². The van der Waals surface area contributed by atoms with Crippen molar-refractivity contribution in [2.45, 2.75) is 45.6 Å². The van der Waals surface area contributed by atoms with Crippen molar-refractivity contribution in [3.63, 3.8) is 0 Å². The Balaban J connectivity index is 1.50. The largest absolute Gasteiger partial charge is 0.372 e. The molecule has 0 saturated carbocycles. The number of piperidine rings is 1. The third-order valence-electron chi connectivity index (χ3n) is 5.50. The Labute approximate surface area is 167 Å². The summed E-state index contributed by atoms with van der Waals surface area (Å²) in [6.45, 7) is 6.63. The summed E-state index contributed by atoms with van der Waals surface area (Å²) in [7, 11) is 0. The molecule has 4 heteroatoms. The second-order valence-electron chi connectivity index (χ2n) is 7.64. The van der Waals surface area contributed by atoms with E-state index in [0.717, 1.165) is 35.2 Å². The third kappa shape index (κ3) is 5.49. The fourth-order valence-electron chi connectivity index (χ4n) is 3.59. The first-order chi connectivity index (χ1) is 13.0. The first-order valence-electron chi connectivity index (χ1n) is 9.90. The second-order valence-corrected chi connectivity index (χ2v) is 8.05. The highest BCUT2D eigenvalue weighted by Gasteiger charge is 2.16. The monoisotopic (exact) mass is 384 g/mol. The molecule has 0 radical (unpaired) electrons. The van der Waals surface area contributed by atoms with Crippen LogP contribution in [0.15, 0.2) is 48.5 Å². The number of hydrogen-bond donors (Lipinski definition) is 1. The van der Waals surface area contributed by atoms with Crippen LogP contribution in [0.2, 0.25) is 5.02 Å². The predicted molar refractivity (Wildman–Crippen MR) is 113 cm³/mol. The molecule has 1 heterocycles. The number of amides is 1. The molecular weight excluding hydrogens is 356 g/mol. The molecule has 27 heavy (non-hydrogen) atoms. The molecular formula is C23H29ClN2O. The highest BCUT2D eigenvalue weighted by molar-refractivity contribution is 6.31. The molecule has 0 spiro atoms. The van der Waals surface area contributed by atoms with E-state index in [1.54, 1.807) is 0 Å². The summed E-state index contributed by atoms with van der Waals surface area (Å²) in [5.74, 6) is 0.887. The van der Waals surface area contributed by atoms with Crippen LogP contribution in [0.25, 0.3) is 0 Å². The van der Waals surface area contributed by atoms with Crippen LogP contribution >= 0.6 is 11.6 Å². The van der Waals surface area contributed by atoms with Crippen molar-refractivity contribution in [3.8, 4) is 0 Å². The quantitative estimate of drug-likeness (QED) is 0.724. The Morgan fingerprint density at radius 1 is 1.15 bits per heavy atom. The van der Waals surface area contributed by atoms with Crippen molar-refractivity contribution in [2.75, 3.05) is 18.0 Å². The molecule has 3 rings (SSSR count). The molecule has 1 aliphatic rings. The second kappa shape index (κ2) is 9.27. The lowest BCUT2D eigenvalue weighted by Gasteiger charge is -2.32. The molecule has 3 nitrogen and oxygen atoms in total. The Morgan fingerprint density at radius 3 is 2.48 bits per heavy atom. The van der Waals surface area contributed by atoms with Gasteiger partial charge in [-0.15, -0.1) is 0 Å². The van der Waals surface area contributed by atoms with Crippen molar-refractivity contribution < 1.29 is 4.79 Å². The molecule has 1 aliphatic heterocycles. The van der Waals surface area contributed by atoms with E-state index in [1.165, 1.54) is 18.5 Å². The van der Waals surface area contributed by atoms with Crippen LogP contribution in [0, 0.1) is 5.92 Å². The molecule has 0 aliphatic carbocycles. The van der Waals surface area contributed by atoms with E-state index < -0.39 is 0 Å². The van der Waals surface area contributed by atoms with Gasteiger partial charge in [-0.2, -0.15) is 0 Å². The zero-order valence-corrected chi connectivity index (χ0v) is 17.0. The molecule has 1 fully saturated rings. The molecule has 2 aromatic carbocycles. The summed E-state index contributed by atoms with van der Waals surface area (Å²) in [5, 5.41) is 3.82. The number of nitrogens with zero attached hydrogens (tertiary/aromatic N) is 1. The minimum absolute atomic E-state index is 0.000765. The lowest BCUT2D eigenvalue weighted by atomic mass is 9.98. The Kier molecular flexibility index (Phi) is 6.78. The number of rotatable bonds is 6. The maximum absolute atomic E-state index is 12.3. The zero-order chi connectivity index (χ0) is 19.2. The van der Waals surface area contributed by atoms with Crippen LogP contribution < -0.4 is 10.2 Å². The van der Waals surface area contributed by atoms with Gasteiger partial charge in [0.1, 0.15) is 0 Å². The van der Waals surface area contributed by atoms with Crippen molar-refractivity contribution in [2.24, 2.45) is 5.92 Å². The summed E-state index contributed by atoms with van der Waals surface area (Å²) < 4.78 is 0. The molecule has 0 bridgehead atoms. The SMILES string of the molecule is CC1CCN(c2ccc([C@H](C)NC(=O)CCc3ccccc3Cl)cc2)CC1. The van der Waals surface area contributed by atoms with E-state index in [0.29, 0.717) is 12.8 Å². The van der Waals surface area contributed by atoms with Gasteiger partial charge in [0.15, 0.2) is 0 Å². The number of nitrogens with one attached hydrogen (secondary N) is 1. The van der Waals surface area contributed by atoms with Crippen molar-refractivity contribution >= 4 is 23.2 Å². The molecule has 1 N–H and O–H groups in total. The molecule has 0 unspecified atom stereocenters. The summed E-state index contributed by atoms with van der Waals surface area (Å²) in [4.78, 5) is 14.7. The Bertz CT molecular complexity index is 751. The van der Waals surface area contributed by atoms with E-state index in [9.17, 15) is 4.79 Å². The fraction of sp³-hybridized carbons (Fsp3) is 0.435. The van der Waals surface area contributed by atoms with Crippen LogP contribution in [0.1, 0.15) is 50.3 Å².